The molecule has 0 spiro atoms. The summed E-state index contributed by atoms with van der Waals surface area (Å²) in [6.07, 6.45) is 2.79. The molecule has 0 aliphatic heterocycles. The zero-order valence-corrected chi connectivity index (χ0v) is 14.7. The second kappa shape index (κ2) is 10.7. The molecule has 1 saturated carbocycles. The molecule has 0 aromatic carbocycles. The van der Waals surface area contributed by atoms with Crippen LogP contribution in [0.5, 0.6) is 0 Å². The SMILES string of the molecule is CC(C)N(CCNC(=O)C1CCC(N)C1)C(C)C.Cl.Cl. The van der Waals surface area contributed by atoms with Gasteiger partial charge in [0.25, 0.3) is 0 Å². The van der Waals surface area contributed by atoms with E-state index in [1.165, 1.54) is 0 Å². The number of nitrogens with one attached hydrogen (secondary N) is 1. The van der Waals surface area contributed by atoms with Gasteiger partial charge in [0.15, 0.2) is 0 Å². The molecule has 2 atom stereocenters. The van der Waals surface area contributed by atoms with E-state index in [0.29, 0.717) is 12.1 Å². The predicted molar refractivity (Wildman–Crippen MR) is 89.8 cm³/mol. The summed E-state index contributed by atoms with van der Waals surface area (Å²) in [7, 11) is 0. The van der Waals surface area contributed by atoms with Gasteiger partial charge in [0.1, 0.15) is 0 Å². The third-order valence-corrected chi connectivity index (χ3v) is 3.84. The van der Waals surface area contributed by atoms with E-state index in [9.17, 15) is 4.79 Å². The van der Waals surface area contributed by atoms with E-state index in [-0.39, 0.29) is 42.7 Å². The minimum Gasteiger partial charge on any atom is -0.355 e. The fourth-order valence-corrected chi connectivity index (χ4v) is 2.82. The average Bonchev–Trinajstić information content (AvgIpc) is 2.69. The van der Waals surface area contributed by atoms with Crippen LogP contribution in [0.2, 0.25) is 0 Å². The lowest BCUT2D eigenvalue weighted by Gasteiger charge is -2.30. The molecule has 6 heteroatoms. The van der Waals surface area contributed by atoms with Crippen molar-refractivity contribution in [1.82, 2.24) is 10.2 Å². The molecule has 0 saturated heterocycles. The second-order valence-corrected chi connectivity index (χ2v) is 5.99. The Labute approximate surface area is 136 Å². The lowest BCUT2D eigenvalue weighted by Crippen LogP contribution is -2.43. The van der Waals surface area contributed by atoms with Gasteiger partial charge in [-0.25, -0.2) is 0 Å². The minimum atomic E-state index is 0. The molecule has 1 amide bonds. The molecule has 1 rings (SSSR count). The first-order valence-electron chi connectivity index (χ1n) is 7.20. The molecule has 1 fully saturated rings. The normalized spacial score (nSPS) is 21.8. The average molecular weight is 328 g/mol. The Bertz CT molecular complexity index is 267. The number of hydrogen-bond donors (Lipinski definition) is 2. The van der Waals surface area contributed by atoms with Crippen molar-refractivity contribution in [3.8, 4) is 0 Å². The van der Waals surface area contributed by atoms with Crippen molar-refractivity contribution in [1.29, 1.82) is 0 Å². The van der Waals surface area contributed by atoms with Crippen LogP contribution in [0.1, 0.15) is 47.0 Å². The van der Waals surface area contributed by atoms with Crippen molar-refractivity contribution in [2.45, 2.75) is 65.1 Å². The van der Waals surface area contributed by atoms with Crippen molar-refractivity contribution in [3.05, 3.63) is 0 Å². The summed E-state index contributed by atoms with van der Waals surface area (Å²) in [5.41, 5.74) is 5.83. The molecular formula is C14H31Cl2N3O. The molecule has 122 valence electrons. The molecule has 0 bridgehead atoms. The highest BCUT2D eigenvalue weighted by molar-refractivity contribution is 5.85. The van der Waals surface area contributed by atoms with Gasteiger partial charge in [0.05, 0.1) is 0 Å². The van der Waals surface area contributed by atoms with Gasteiger partial charge < -0.3 is 11.1 Å². The standard InChI is InChI=1S/C14H29N3O.2ClH/c1-10(2)17(11(3)4)8-7-16-14(18)12-5-6-13(15)9-12;;/h10-13H,5-9,15H2,1-4H3,(H,16,18);2*1H. The van der Waals surface area contributed by atoms with E-state index in [0.717, 1.165) is 32.4 Å². The van der Waals surface area contributed by atoms with Crippen LogP contribution in [-0.2, 0) is 4.79 Å². The van der Waals surface area contributed by atoms with Crippen LogP contribution < -0.4 is 11.1 Å². The Balaban J connectivity index is 0. The second-order valence-electron chi connectivity index (χ2n) is 5.99. The smallest absolute Gasteiger partial charge is 0.223 e. The maximum absolute atomic E-state index is 11.9. The van der Waals surface area contributed by atoms with E-state index >= 15 is 0 Å². The quantitative estimate of drug-likeness (QED) is 0.786. The van der Waals surface area contributed by atoms with Crippen molar-refractivity contribution in [2.24, 2.45) is 11.7 Å². The number of hydrogen-bond acceptors (Lipinski definition) is 3. The first-order valence-corrected chi connectivity index (χ1v) is 7.20. The van der Waals surface area contributed by atoms with Gasteiger partial charge >= 0.3 is 0 Å². The van der Waals surface area contributed by atoms with Crippen LogP contribution >= 0.6 is 24.8 Å². The molecule has 2 unspecified atom stereocenters. The lowest BCUT2D eigenvalue weighted by molar-refractivity contribution is -0.124. The molecule has 0 aromatic rings. The van der Waals surface area contributed by atoms with Crippen molar-refractivity contribution in [2.75, 3.05) is 13.1 Å². The number of carbonyl (C=O) groups is 1. The van der Waals surface area contributed by atoms with Gasteiger partial charge in [-0.2, -0.15) is 0 Å². The number of nitrogens with two attached hydrogens (primary N) is 1. The fourth-order valence-electron chi connectivity index (χ4n) is 2.82. The molecule has 0 aromatic heterocycles. The zero-order chi connectivity index (χ0) is 13.7. The third-order valence-electron chi connectivity index (χ3n) is 3.84. The van der Waals surface area contributed by atoms with Crippen molar-refractivity contribution in [3.63, 3.8) is 0 Å². The number of rotatable bonds is 6. The van der Waals surface area contributed by atoms with E-state index in [1.54, 1.807) is 0 Å². The Morgan fingerprint density at radius 1 is 1.20 bits per heavy atom. The van der Waals surface area contributed by atoms with Crippen LogP contribution in [0, 0.1) is 5.92 Å². The first kappa shape index (κ1) is 22.3. The van der Waals surface area contributed by atoms with Gasteiger partial charge in [0.2, 0.25) is 5.91 Å². The van der Waals surface area contributed by atoms with E-state index < -0.39 is 0 Å². The van der Waals surface area contributed by atoms with E-state index in [2.05, 4.69) is 37.9 Å². The van der Waals surface area contributed by atoms with Gasteiger partial charge in [-0.15, -0.1) is 24.8 Å². The molecule has 1 aliphatic rings. The van der Waals surface area contributed by atoms with Gasteiger partial charge in [-0.3, -0.25) is 9.69 Å². The number of nitrogens with zero attached hydrogens (tertiary/aromatic N) is 1. The molecule has 0 heterocycles. The van der Waals surface area contributed by atoms with E-state index in [1.807, 2.05) is 0 Å². The van der Waals surface area contributed by atoms with Crippen LogP contribution in [0.4, 0.5) is 0 Å². The largest absolute Gasteiger partial charge is 0.355 e. The molecule has 20 heavy (non-hydrogen) atoms. The lowest BCUT2D eigenvalue weighted by atomic mass is 10.1. The van der Waals surface area contributed by atoms with Gasteiger partial charge in [-0.1, -0.05) is 0 Å². The summed E-state index contributed by atoms with van der Waals surface area (Å²) in [4.78, 5) is 14.3. The highest BCUT2D eigenvalue weighted by atomic mass is 35.5. The summed E-state index contributed by atoms with van der Waals surface area (Å²) in [6.45, 7) is 10.4. The Hall–Kier alpha value is -0.0300. The summed E-state index contributed by atoms with van der Waals surface area (Å²) in [6, 6.07) is 1.26. The van der Waals surface area contributed by atoms with Crippen LogP contribution in [0.25, 0.3) is 0 Å². The topological polar surface area (TPSA) is 58.4 Å². The Morgan fingerprint density at radius 3 is 2.15 bits per heavy atom. The summed E-state index contributed by atoms with van der Waals surface area (Å²) >= 11 is 0. The van der Waals surface area contributed by atoms with Gasteiger partial charge in [-0.05, 0) is 47.0 Å². The van der Waals surface area contributed by atoms with E-state index in [4.69, 9.17) is 5.73 Å². The summed E-state index contributed by atoms with van der Waals surface area (Å²) < 4.78 is 0. The van der Waals surface area contributed by atoms with Gasteiger partial charge in [0, 0.05) is 37.1 Å². The fraction of sp³-hybridized carbons (Fsp3) is 0.929. The minimum absolute atomic E-state index is 0. The zero-order valence-electron chi connectivity index (χ0n) is 13.1. The first-order chi connectivity index (χ1) is 8.41. The Morgan fingerprint density at radius 2 is 1.75 bits per heavy atom. The number of carbonyl (C=O) groups excluding carboxylic acids is 1. The maximum Gasteiger partial charge on any atom is 0.223 e. The molecule has 3 N–H and O–H groups in total. The molecule has 1 aliphatic carbocycles. The highest BCUT2D eigenvalue weighted by Crippen LogP contribution is 2.23. The van der Waals surface area contributed by atoms with Crippen LogP contribution in [0.15, 0.2) is 0 Å². The predicted octanol–water partition coefficient (Wildman–Crippen LogP) is 2.19. The number of amides is 1. The summed E-state index contributed by atoms with van der Waals surface area (Å²) in [5.74, 6) is 0.335. The molecule has 4 nitrogen and oxygen atoms in total. The van der Waals surface area contributed by atoms with Crippen molar-refractivity contribution < 1.29 is 4.79 Å². The van der Waals surface area contributed by atoms with Crippen LogP contribution in [0.3, 0.4) is 0 Å². The molecular weight excluding hydrogens is 297 g/mol. The van der Waals surface area contributed by atoms with Crippen molar-refractivity contribution >= 4 is 30.7 Å². The number of halogens is 2. The third kappa shape index (κ3) is 7.11. The highest BCUT2D eigenvalue weighted by Gasteiger charge is 2.27. The monoisotopic (exact) mass is 327 g/mol. The Kier molecular flexibility index (Phi) is 11.9. The van der Waals surface area contributed by atoms with Crippen LogP contribution in [-0.4, -0.2) is 42.0 Å². The maximum atomic E-state index is 11.9. The molecule has 0 radical (unpaired) electrons. The summed E-state index contributed by atoms with van der Waals surface area (Å²) in [5, 5.41) is 3.05.